The summed E-state index contributed by atoms with van der Waals surface area (Å²) >= 11 is 1.25. The van der Waals surface area contributed by atoms with Crippen LogP contribution >= 0.6 is 11.3 Å². The van der Waals surface area contributed by atoms with E-state index in [1.807, 2.05) is 19.1 Å². The molecule has 0 atom stereocenters. The molecule has 0 fully saturated rings. The van der Waals surface area contributed by atoms with Crippen LogP contribution in [0.3, 0.4) is 0 Å². The minimum atomic E-state index is -3.63. The highest BCUT2D eigenvalue weighted by Crippen LogP contribution is 2.24. The van der Waals surface area contributed by atoms with Gasteiger partial charge in [0.2, 0.25) is 10.0 Å². The Labute approximate surface area is 208 Å². The molecule has 0 spiro atoms. The SMILES string of the molecule is CCOC(=O)Cn1c(=NC(=O)c2ccc(S(=O)(=O)N(CC)CC)cc2)sc2cc(OCC)ccc21. The normalized spacial score (nSPS) is 12.3. The molecule has 0 saturated heterocycles. The Kier molecular flexibility index (Phi) is 8.82. The number of hydrogen-bond acceptors (Lipinski definition) is 7. The van der Waals surface area contributed by atoms with E-state index in [0.29, 0.717) is 30.2 Å². The van der Waals surface area contributed by atoms with Gasteiger partial charge in [0.15, 0.2) is 4.80 Å². The summed E-state index contributed by atoms with van der Waals surface area (Å²) in [5, 5.41) is 0. The van der Waals surface area contributed by atoms with Crippen LogP contribution in [0.4, 0.5) is 0 Å². The maximum Gasteiger partial charge on any atom is 0.326 e. The van der Waals surface area contributed by atoms with Gasteiger partial charge < -0.3 is 14.0 Å². The highest BCUT2D eigenvalue weighted by molar-refractivity contribution is 7.89. The maximum atomic E-state index is 13.0. The van der Waals surface area contributed by atoms with Gasteiger partial charge in [-0.2, -0.15) is 9.30 Å². The second-order valence-electron chi connectivity index (χ2n) is 7.37. The molecule has 0 aliphatic carbocycles. The summed E-state index contributed by atoms with van der Waals surface area (Å²) in [5.74, 6) is -0.320. The summed E-state index contributed by atoms with van der Waals surface area (Å²) in [5.41, 5.74) is 0.956. The van der Waals surface area contributed by atoms with Gasteiger partial charge in [-0.05, 0) is 56.3 Å². The fourth-order valence-corrected chi connectivity index (χ4v) is 6.03. The molecule has 0 aliphatic heterocycles. The van der Waals surface area contributed by atoms with Gasteiger partial charge >= 0.3 is 5.97 Å². The average Bonchev–Trinajstić information content (AvgIpc) is 3.16. The Hall–Kier alpha value is -3.02. The number of carbonyl (C=O) groups excluding carboxylic acids is 2. The van der Waals surface area contributed by atoms with Gasteiger partial charge in [-0.15, -0.1) is 0 Å². The third-order valence-electron chi connectivity index (χ3n) is 5.20. The molecule has 0 unspecified atom stereocenters. The summed E-state index contributed by atoms with van der Waals surface area (Å²) < 4.78 is 39.8. The van der Waals surface area contributed by atoms with Crippen molar-refractivity contribution in [2.24, 2.45) is 4.99 Å². The molecule has 0 radical (unpaired) electrons. The molecular weight excluding hydrogens is 490 g/mol. The van der Waals surface area contributed by atoms with Crippen molar-refractivity contribution >= 4 is 43.5 Å². The van der Waals surface area contributed by atoms with Gasteiger partial charge in [-0.3, -0.25) is 9.59 Å². The first kappa shape index (κ1) is 26.6. The largest absolute Gasteiger partial charge is 0.494 e. The molecule has 1 aromatic heterocycles. The van der Waals surface area contributed by atoms with E-state index in [9.17, 15) is 18.0 Å². The second kappa shape index (κ2) is 11.6. The molecule has 0 bridgehead atoms. The number of rotatable bonds is 10. The van der Waals surface area contributed by atoms with E-state index >= 15 is 0 Å². The number of amides is 1. The van der Waals surface area contributed by atoms with E-state index < -0.39 is 21.9 Å². The molecule has 3 aromatic rings. The Balaban J connectivity index is 2.01. The molecular formula is C24H29N3O6S2. The average molecular weight is 520 g/mol. The van der Waals surface area contributed by atoms with Crippen LogP contribution in [0.2, 0.25) is 0 Å². The number of hydrogen-bond donors (Lipinski definition) is 0. The fourth-order valence-electron chi connectivity index (χ4n) is 3.52. The molecule has 2 aromatic carbocycles. The predicted molar refractivity (Wildman–Crippen MR) is 134 cm³/mol. The number of esters is 1. The Bertz CT molecular complexity index is 1370. The van der Waals surface area contributed by atoms with Crippen LogP contribution in [0, 0.1) is 0 Å². The third-order valence-corrected chi connectivity index (χ3v) is 8.30. The van der Waals surface area contributed by atoms with E-state index in [0.717, 1.165) is 10.2 Å². The van der Waals surface area contributed by atoms with E-state index in [2.05, 4.69) is 4.99 Å². The Morgan fingerprint density at radius 3 is 2.29 bits per heavy atom. The van der Waals surface area contributed by atoms with Gasteiger partial charge in [0, 0.05) is 18.7 Å². The summed E-state index contributed by atoms with van der Waals surface area (Å²) in [4.78, 5) is 29.9. The fraction of sp³-hybridized carbons (Fsp3) is 0.375. The summed E-state index contributed by atoms with van der Waals surface area (Å²) in [6, 6.07) is 11.1. The Morgan fingerprint density at radius 2 is 1.69 bits per heavy atom. The van der Waals surface area contributed by atoms with Crippen LogP contribution in [0.25, 0.3) is 10.2 Å². The number of carbonyl (C=O) groups is 2. The number of sulfonamides is 1. The zero-order valence-corrected chi connectivity index (χ0v) is 21.8. The summed E-state index contributed by atoms with van der Waals surface area (Å²) in [6.45, 7) is 8.50. The summed E-state index contributed by atoms with van der Waals surface area (Å²) in [7, 11) is -3.63. The van der Waals surface area contributed by atoms with Crippen molar-refractivity contribution in [1.82, 2.24) is 8.87 Å². The first-order valence-corrected chi connectivity index (χ1v) is 13.6. The molecule has 0 saturated carbocycles. The molecule has 188 valence electrons. The third kappa shape index (κ3) is 5.98. The predicted octanol–water partition coefficient (Wildman–Crippen LogP) is 3.44. The minimum absolute atomic E-state index is 0.102. The lowest BCUT2D eigenvalue weighted by atomic mass is 10.2. The Morgan fingerprint density at radius 1 is 1.00 bits per heavy atom. The highest BCUT2D eigenvalue weighted by Gasteiger charge is 2.22. The number of ether oxygens (including phenoxy) is 2. The number of aromatic nitrogens is 1. The molecule has 3 rings (SSSR count). The lowest BCUT2D eigenvalue weighted by Crippen LogP contribution is -2.30. The molecule has 9 nitrogen and oxygen atoms in total. The van der Waals surface area contributed by atoms with E-state index in [-0.39, 0.29) is 23.6 Å². The van der Waals surface area contributed by atoms with Gasteiger partial charge in [0.25, 0.3) is 5.91 Å². The maximum absolute atomic E-state index is 13.0. The van der Waals surface area contributed by atoms with Crippen LogP contribution < -0.4 is 9.54 Å². The lowest BCUT2D eigenvalue weighted by molar-refractivity contribution is -0.143. The quantitative estimate of drug-likeness (QED) is 0.380. The standard InChI is InChI=1S/C24H29N3O6S2/c1-5-26(6-2)35(30,31)19-12-9-17(10-13-19)23(29)25-24-27(16-22(28)33-8-4)20-14-11-18(32-7-3)15-21(20)34-24/h9-15H,5-8,16H2,1-4H3. The van der Waals surface area contributed by atoms with Gasteiger partial charge in [-0.1, -0.05) is 25.2 Å². The van der Waals surface area contributed by atoms with Crippen molar-refractivity contribution < 1.29 is 27.5 Å². The topological polar surface area (TPSA) is 107 Å². The van der Waals surface area contributed by atoms with Crippen LogP contribution in [-0.2, 0) is 26.1 Å². The zero-order chi connectivity index (χ0) is 25.6. The first-order chi connectivity index (χ1) is 16.7. The first-order valence-electron chi connectivity index (χ1n) is 11.4. The molecule has 0 aliphatic rings. The van der Waals surface area contributed by atoms with E-state index in [1.165, 1.54) is 39.9 Å². The van der Waals surface area contributed by atoms with E-state index in [1.54, 1.807) is 31.4 Å². The van der Waals surface area contributed by atoms with Crippen molar-refractivity contribution in [2.75, 3.05) is 26.3 Å². The number of fused-ring (bicyclic) bond motifs is 1. The zero-order valence-electron chi connectivity index (χ0n) is 20.2. The van der Waals surface area contributed by atoms with Crippen LogP contribution in [0.5, 0.6) is 5.75 Å². The summed E-state index contributed by atoms with van der Waals surface area (Å²) in [6.07, 6.45) is 0. The smallest absolute Gasteiger partial charge is 0.326 e. The van der Waals surface area contributed by atoms with Crippen molar-refractivity contribution in [2.45, 2.75) is 39.1 Å². The van der Waals surface area contributed by atoms with Crippen molar-refractivity contribution in [3.05, 3.63) is 52.8 Å². The number of benzene rings is 2. The van der Waals surface area contributed by atoms with Crippen LogP contribution in [0.1, 0.15) is 38.1 Å². The molecule has 1 heterocycles. The van der Waals surface area contributed by atoms with Crippen molar-refractivity contribution in [3.8, 4) is 5.75 Å². The van der Waals surface area contributed by atoms with E-state index in [4.69, 9.17) is 9.47 Å². The van der Waals surface area contributed by atoms with Gasteiger partial charge in [0.05, 0.1) is 28.3 Å². The molecule has 35 heavy (non-hydrogen) atoms. The minimum Gasteiger partial charge on any atom is -0.494 e. The monoisotopic (exact) mass is 519 g/mol. The lowest BCUT2D eigenvalue weighted by Gasteiger charge is -2.18. The van der Waals surface area contributed by atoms with Crippen LogP contribution in [-0.4, -0.2) is 55.5 Å². The number of thiazole rings is 1. The van der Waals surface area contributed by atoms with Gasteiger partial charge in [0.1, 0.15) is 12.3 Å². The molecule has 1 amide bonds. The molecule has 11 heteroatoms. The number of nitrogens with zero attached hydrogens (tertiary/aromatic N) is 3. The second-order valence-corrected chi connectivity index (χ2v) is 10.3. The van der Waals surface area contributed by atoms with Crippen molar-refractivity contribution in [1.29, 1.82) is 0 Å². The van der Waals surface area contributed by atoms with Crippen molar-refractivity contribution in [3.63, 3.8) is 0 Å². The van der Waals surface area contributed by atoms with Crippen LogP contribution in [0.15, 0.2) is 52.4 Å². The highest BCUT2D eigenvalue weighted by atomic mass is 32.2. The molecule has 0 N–H and O–H groups in total. The van der Waals surface area contributed by atoms with Gasteiger partial charge in [-0.25, -0.2) is 8.42 Å².